The van der Waals surface area contributed by atoms with Gasteiger partial charge in [0, 0.05) is 5.69 Å². The van der Waals surface area contributed by atoms with Gasteiger partial charge in [-0.25, -0.2) is 9.48 Å². The van der Waals surface area contributed by atoms with Crippen LogP contribution in [0.2, 0.25) is 0 Å². The normalized spacial score (nSPS) is 10.5. The van der Waals surface area contributed by atoms with Gasteiger partial charge in [-0.05, 0) is 31.0 Å². The van der Waals surface area contributed by atoms with E-state index in [1.807, 2.05) is 30.3 Å². The van der Waals surface area contributed by atoms with E-state index in [0.717, 1.165) is 30.6 Å². The summed E-state index contributed by atoms with van der Waals surface area (Å²) in [5.41, 5.74) is 1.95. The Kier molecular flexibility index (Phi) is 3.77. The van der Waals surface area contributed by atoms with Crippen molar-refractivity contribution in [3.05, 3.63) is 47.8 Å². The largest absolute Gasteiger partial charge is 0.476 e. The highest BCUT2D eigenvalue weighted by atomic mass is 16.4. The highest BCUT2D eigenvalue weighted by molar-refractivity contribution is 5.85. The zero-order valence-corrected chi connectivity index (χ0v) is 10.3. The fourth-order valence-electron chi connectivity index (χ4n) is 1.85. The molecule has 0 atom stereocenters. The monoisotopic (exact) mass is 244 g/mol. The van der Waals surface area contributed by atoms with E-state index < -0.39 is 5.97 Å². The topological polar surface area (TPSA) is 55.1 Å². The first kappa shape index (κ1) is 12.4. The summed E-state index contributed by atoms with van der Waals surface area (Å²) in [6.07, 6.45) is 2.94. The van der Waals surface area contributed by atoms with Crippen molar-refractivity contribution in [3.63, 3.8) is 0 Å². The molecule has 94 valence electrons. The van der Waals surface area contributed by atoms with Gasteiger partial charge < -0.3 is 5.11 Å². The summed E-state index contributed by atoms with van der Waals surface area (Å²) in [4.78, 5) is 11.0. The molecular formula is C14H16N2O2. The van der Waals surface area contributed by atoms with Crippen LogP contribution in [0.1, 0.15) is 35.9 Å². The molecule has 0 aliphatic rings. The van der Waals surface area contributed by atoms with E-state index in [9.17, 15) is 4.79 Å². The molecule has 1 aromatic carbocycles. The number of nitrogens with zero attached hydrogens (tertiary/aromatic N) is 2. The maximum absolute atomic E-state index is 11.0. The first-order valence-corrected chi connectivity index (χ1v) is 6.10. The van der Waals surface area contributed by atoms with E-state index in [4.69, 9.17) is 5.11 Å². The van der Waals surface area contributed by atoms with Crippen LogP contribution in [-0.4, -0.2) is 20.9 Å². The summed E-state index contributed by atoms with van der Waals surface area (Å²) < 4.78 is 1.72. The molecule has 0 radical (unpaired) electrons. The van der Waals surface area contributed by atoms with Gasteiger partial charge in [-0.3, -0.25) is 0 Å². The average molecular weight is 244 g/mol. The lowest BCUT2D eigenvalue weighted by Gasteiger charge is -2.06. The minimum atomic E-state index is -0.984. The number of aromatic carboxylic acids is 1. The molecule has 0 spiro atoms. The SMILES string of the molecule is CCCCc1cc(C(=O)O)nn1-c1ccccc1. The molecule has 0 unspecified atom stereocenters. The van der Waals surface area contributed by atoms with Gasteiger partial charge in [-0.2, -0.15) is 5.10 Å². The fraction of sp³-hybridized carbons (Fsp3) is 0.286. The van der Waals surface area contributed by atoms with E-state index in [1.165, 1.54) is 0 Å². The van der Waals surface area contributed by atoms with Crippen molar-refractivity contribution >= 4 is 5.97 Å². The van der Waals surface area contributed by atoms with Crippen LogP contribution in [0.15, 0.2) is 36.4 Å². The summed E-state index contributed by atoms with van der Waals surface area (Å²) in [5, 5.41) is 13.2. The second kappa shape index (κ2) is 5.49. The highest BCUT2D eigenvalue weighted by Crippen LogP contribution is 2.15. The maximum Gasteiger partial charge on any atom is 0.356 e. The number of para-hydroxylation sites is 1. The Morgan fingerprint density at radius 1 is 1.33 bits per heavy atom. The van der Waals surface area contributed by atoms with E-state index in [-0.39, 0.29) is 5.69 Å². The molecule has 0 saturated carbocycles. The maximum atomic E-state index is 11.0. The second-order valence-corrected chi connectivity index (χ2v) is 4.18. The van der Waals surface area contributed by atoms with Gasteiger partial charge in [0.2, 0.25) is 0 Å². The predicted molar refractivity (Wildman–Crippen MR) is 69.1 cm³/mol. The molecule has 0 fully saturated rings. The Balaban J connectivity index is 2.40. The van der Waals surface area contributed by atoms with Crippen LogP contribution in [0.5, 0.6) is 0 Å². The third-order valence-electron chi connectivity index (χ3n) is 2.79. The van der Waals surface area contributed by atoms with Gasteiger partial charge in [-0.1, -0.05) is 31.5 Å². The third kappa shape index (κ3) is 2.59. The van der Waals surface area contributed by atoms with Crippen LogP contribution in [-0.2, 0) is 6.42 Å². The van der Waals surface area contributed by atoms with Crippen molar-refractivity contribution in [1.29, 1.82) is 0 Å². The standard InChI is InChI=1S/C14H16N2O2/c1-2-3-7-12-10-13(14(17)18)15-16(12)11-8-5-4-6-9-11/h4-6,8-10H,2-3,7H2,1H3,(H,17,18). The molecule has 4 nitrogen and oxygen atoms in total. The van der Waals surface area contributed by atoms with E-state index >= 15 is 0 Å². The lowest BCUT2D eigenvalue weighted by atomic mass is 10.2. The Bertz CT molecular complexity index is 532. The van der Waals surface area contributed by atoms with Crippen LogP contribution in [0.25, 0.3) is 5.69 Å². The van der Waals surface area contributed by atoms with Crippen LogP contribution in [0.4, 0.5) is 0 Å². The van der Waals surface area contributed by atoms with Crippen LogP contribution < -0.4 is 0 Å². The lowest BCUT2D eigenvalue weighted by molar-refractivity contribution is 0.0690. The molecule has 1 N–H and O–H groups in total. The number of aromatic nitrogens is 2. The number of unbranched alkanes of at least 4 members (excludes halogenated alkanes) is 1. The Morgan fingerprint density at radius 3 is 2.67 bits per heavy atom. The highest BCUT2D eigenvalue weighted by Gasteiger charge is 2.13. The number of aryl methyl sites for hydroxylation is 1. The molecule has 18 heavy (non-hydrogen) atoms. The molecule has 0 aliphatic heterocycles. The van der Waals surface area contributed by atoms with Crippen LogP contribution >= 0.6 is 0 Å². The van der Waals surface area contributed by atoms with Crippen molar-refractivity contribution < 1.29 is 9.90 Å². The fourth-order valence-corrected chi connectivity index (χ4v) is 1.85. The zero-order valence-electron chi connectivity index (χ0n) is 10.3. The number of carboxylic acids is 1. The predicted octanol–water partition coefficient (Wildman–Crippen LogP) is 2.91. The van der Waals surface area contributed by atoms with Crippen LogP contribution in [0, 0.1) is 0 Å². The number of carbonyl (C=O) groups is 1. The Labute approximate surface area is 106 Å². The summed E-state index contributed by atoms with van der Waals surface area (Å²) >= 11 is 0. The molecule has 1 heterocycles. The molecule has 2 rings (SSSR count). The average Bonchev–Trinajstić information content (AvgIpc) is 2.81. The van der Waals surface area contributed by atoms with Gasteiger partial charge in [0.15, 0.2) is 5.69 Å². The smallest absolute Gasteiger partial charge is 0.356 e. The van der Waals surface area contributed by atoms with Crippen molar-refractivity contribution in [2.45, 2.75) is 26.2 Å². The second-order valence-electron chi connectivity index (χ2n) is 4.18. The number of carboxylic acid groups (broad SMARTS) is 1. The van der Waals surface area contributed by atoms with E-state index in [2.05, 4.69) is 12.0 Å². The van der Waals surface area contributed by atoms with Crippen molar-refractivity contribution in [3.8, 4) is 5.69 Å². The first-order valence-electron chi connectivity index (χ1n) is 6.10. The minimum Gasteiger partial charge on any atom is -0.476 e. The van der Waals surface area contributed by atoms with Crippen molar-refractivity contribution in [2.75, 3.05) is 0 Å². The molecular weight excluding hydrogens is 228 g/mol. The zero-order chi connectivity index (χ0) is 13.0. The molecule has 0 aliphatic carbocycles. The van der Waals surface area contributed by atoms with Gasteiger partial charge in [0.25, 0.3) is 0 Å². The molecule has 2 aromatic rings. The summed E-state index contributed by atoms with van der Waals surface area (Å²) in [7, 11) is 0. The van der Waals surface area contributed by atoms with Gasteiger partial charge in [0.05, 0.1) is 5.69 Å². The first-order chi connectivity index (χ1) is 8.72. The number of rotatable bonds is 5. The Morgan fingerprint density at radius 2 is 2.06 bits per heavy atom. The number of hydrogen-bond donors (Lipinski definition) is 1. The summed E-state index contributed by atoms with van der Waals surface area (Å²) in [6.45, 7) is 2.11. The number of hydrogen-bond acceptors (Lipinski definition) is 2. The quantitative estimate of drug-likeness (QED) is 0.879. The van der Waals surface area contributed by atoms with Gasteiger partial charge in [0.1, 0.15) is 0 Å². The van der Waals surface area contributed by atoms with Gasteiger partial charge >= 0.3 is 5.97 Å². The molecule has 1 aromatic heterocycles. The van der Waals surface area contributed by atoms with Crippen molar-refractivity contribution in [1.82, 2.24) is 9.78 Å². The molecule has 4 heteroatoms. The summed E-state index contributed by atoms with van der Waals surface area (Å²) in [6, 6.07) is 11.3. The van der Waals surface area contributed by atoms with Crippen LogP contribution in [0.3, 0.4) is 0 Å². The van der Waals surface area contributed by atoms with Gasteiger partial charge in [-0.15, -0.1) is 0 Å². The minimum absolute atomic E-state index is 0.102. The lowest BCUT2D eigenvalue weighted by Crippen LogP contribution is -2.03. The number of benzene rings is 1. The van der Waals surface area contributed by atoms with Crippen molar-refractivity contribution in [2.24, 2.45) is 0 Å². The van der Waals surface area contributed by atoms with E-state index in [0.29, 0.717) is 0 Å². The molecule has 0 saturated heterocycles. The molecule has 0 bridgehead atoms. The van der Waals surface area contributed by atoms with E-state index in [1.54, 1.807) is 10.7 Å². The molecule has 0 amide bonds. The third-order valence-corrected chi connectivity index (χ3v) is 2.79. The summed E-state index contributed by atoms with van der Waals surface area (Å²) in [5.74, 6) is -0.984. The Hall–Kier alpha value is -2.10.